The molecule has 1 aromatic carbocycles. The second-order valence-electron chi connectivity index (χ2n) is 6.04. The molecule has 0 saturated carbocycles. The van der Waals surface area contributed by atoms with Gasteiger partial charge < -0.3 is 9.26 Å². The van der Waals surface area contributed by atoms with Crippen molar-refractivity contribution < 1.29 is 17.7 Å². The summed E-state index contributed by atoms with van der Waals surface area (Å²) in [4.78, 5) is 4.54. The minimum atomic E-state index is -3.59. The topological polar surface area (TPSA) is 85.5 Å². The van der Waals surface area contributed by atoms with Crippen LogP contribution in [0.2, 0.25) is 0 Å². The maximum Gasteiger partial charge on any atom is 0.246 e. The zero-order chi connectivity index (χ0) is 17.3. The van der Waals surface area contributed by atoms with E-state index in [0.29, 0.717) is 37.2 Å². The van der Waals surface area contributed by atoms with Gasteiger partial charge in [0.2, 0.25) is 15.9 Å². The summed E-state index contributed by atoms with van der Waals surface area (Å²) in [6, 6.07) is 6.69. The number of sulfonamides is 1. The van der Waals surface area contributed by atoms with Crippen LogP contribution in [0.25, 0.3) is 0 Å². The van der Waals surface area contributed by atoms with Gasteiger partial charge in [0.05, 0.1) is 12.5 Å². The van der Waals surface area contributed by atoms with Gasteiger partial charge >= 0.3 is 0 Å². The van der Waals surface area contributed by atoms with Crippen molar-refractivity contribution in [3.8, 4) is 5.75 Å². The van der Waals surface area contributed by atoms with Gasteiger partial charge in [-0.15, -0.1) is 0 Å². The van der Waals surface area contributed by atoms with Gasteiger partial charge in [-0.3, -0.25) is 0 Å². The molecule has 0 N–H and O–H groups in total. The minimum Gasteiger partial charge on any atom is -0.492 e. The van der Waals surface area contributed by atoms with Crippen LogP contribution in [-0.2, 0) is 10.0 Å². The lowest BCUT2D eigenvalue weighted by atomic mass is 10.0. The van der Waals surface area contributed by atoms with E-state index in [1.165, 1.54) is 4.31 Å². The van der Waals surface area contributed by atoms with Gasteiger partial charge in [-0.2, -0.15) is 9.29 Å². The molecule has 8 heteroatoms. The molecule has 1 aliphatic heterocycles. The average molecular weight is 351 g/mol. The average Bonchev–Trinajstić information content (AvgIpc) is 2.96. The summed E-state index contributed by atoms with van der Waals surface area (Å²) in [7, 11) is -3.59. The highest BCUT2D eigenvalue weighted by atomic mass is 32.2. The summed E-state index contributed by atoms with van der Waals surface area (Å²) < 4.78 is 37.7. The number of nitrogens with zero attached hydrogens (tertiary/aromatic N) is 3. The van der Waals surface area contributed by atoms with Crippen molar-refractivity contribution in [1.82, 2.24) is 14.4 Å². The third-order valence-corrected chi connectivity index (χ3v) is 5.81. The summed E-state index contributed by atoms with van der Waals surface area (Å²) in [5.41, 5.74) is 0. The van der Waals surface area contributed by atoms with Crippen LogP contribution in [-0.4, -0.2) is 42.6 Å². The smallest absolute Gasteiger partial charge is 0.246 e. The van der Waals surface area contributed by atoms with Crippen LogP contribution in [0.1, 0.15) is 44.3 Å². The number of aromatic nitrogens is 2. The molecule has 7 nitrogen and oxygen atoms in total. The summed E-state index contributed by atoms with van der Waals surface area (Å²) in [5, 5.41) is 3.93. The number of benzene rings is 1. The first kappa shape index (κ1) is 16.9. The molecule has 0 unspecified atom stereocenters. The molecule has 0 bridgehead atoms. The third kappa shape index (κ3) is 3.03. The fraction of sp³-hybridized carbons (Fsp3) is 0.500. The molecule has 1 saturated heterocycles. The number of hydrogen-bond acceptors (Lipinski definition) is 6. The molecule has 3 rings (SSSR count). The fourth-order valence-corrected chi connectivity index (χ4v) is 4.18. The lowest BCUT2D eigenvalue weighted by Crippen LogP contribution is -2.48. The highest BCUT2D eigenvalue weighted by Gasteiger charge is 2.41. The Bertz CT molecular complexity index is 810. The Hall–Kier alpha value is -1.93. The molecule has 0 amide bonds. The van der Waals surface area contributed by atoms with Crippen molar-refractivity contribution >= 4 is 10.0 Å². The number of rotatable bonds is 6. The molecule has 1 aliphatic rings. The molecule has 0 atom stereocenters. The minimum absolute atomic E-state index is 0.0565. The standard InChI is InChI=1S/C16H21N3O4S/c1-4-22-13-7-5-6-8-14(13)24(20,21)19-9-12(10-19)16-17-15(11(2)3)18-23-16/h5-8,11-12H,4,9-10H2,1-3H3. The van der Waals surface area contributed by atoms with Gasteiger partial charge in [0, 0.05) is 19.0 Å². The molecule has 0 spiro atoms. The monoisotopic (exact) mass is 351 g/mol. The Labute approximate surface area is 141 Å². The predicted molar refractivity (Wildman–Crippen MR) is 87.5 cm³/mol. The van der Waals surface area contributed by atoms with Crippen molar-refractivity contribution in [2.24, 2.45) is 0 Å². The SMILES string of the molecule is CCOc1ccccc1S(=O)(=O)N1CC(c2nc(C(C)C)no2)C1. The van der Waals surface area contributed by atoms with E-state index >= 15 is 0 Å². The van der Waals surface area contributed by atoms with Crippen LogP contribution in [0.5, 0.6) is 5.75 Å². The molecule has 0 aliphatic carbocycles. The van der Waals surface area contributed by atoms with Gasteiger partial charge in [0.15, 0.2) is 5.82 Å². The summed E-state index contributed by atoms with van der Waals surface area (Å²) in [5.74, 6) is 1.65. The van der Waals surface area contributed by atoms with Crippen LogP contribution in [0.3, 0.4) is 0 Å². The zero-order valence-electron chi connectivity index (χ0n) is 14.0. The van der Waals surface area contributed by atoms with Crippen LogP contribution in [0, 0.1) is 0 Å². The highest BCUT2D eigenvalue weighted by molar-refractivity contribution is 7.89. The van der Waals surface area contributed by atoms with Gasteiger partial charge in [-0.05, 0) is 19.1 Å². The quantitative estimate of drug-likeness (QED) is 0.794. The molecule has 1 aromatic heterocycles. The van der Waals surface area contributed by atoms with E-state index < -0.39 is 10.0 Å². The Morgan fingerprint density at radius 1 is 1.33 bits per heavy atom. The first-order valence-corrected chi connectivity index (χ1v) is 9.43. The second-order valence-corrected chi connectivity index (χ2v) is 7.95. The lowest BCUT2D eigenvalue weighted by molar-refractivity contribution is 0.215. The largest absolute Gasteiger partial charge is 0.492 e. The van der Waals surface area contributed by atoms with E-state index in [2.05, 4.69) is 10.1 Å². The third-order valence-electron chi connectivity index (χ3n) is 3.94. The van der Waals surface area contributed by atoms with Gasteiger partial charge in [-0.1, -0.05) is 31.1 Å². The van der Waals surface area contributed by atoms with Crippen molar-refractivity contribution in [2.45, 2.75) is 37.5 Å². The molecule has 1 fully saturated rings. The van der Waals surface area contributed by atoms with E-state index in [1.54, 1.807) is 24.3 Å². The number of ether oxygens (including phenoxy) is 1. The van der Waals surface area contributed by atoms with Crippen molar-refractivity contribution in [3.63, 3.8) is 0 Å². The Morgan fingerprint density at radius 2 is 2.04 bits per heavy atom. The first-order valence-electron chi connectivity index (χ1n) is 7.99. The summed E-state index contributed by atoms with van der Waals surface area (Å²) in [6.45, 7) is 6.87. The maximum absolute atomic E-state index is 12.8. The Balaban J connectivity index is 1.74. The number of hydrogen-bond donors (Lipinski definition) is 0. The summed E-state index contributed by atoms with van der Waals surface area (Å²) in [6.07, 6.45) is 0. The fourth-order valence-electron chi connectivity index (χ4n) is 2.52. The number of para-hydroxylation sites is 1. The molecule has 2 aromatic rings. The molecule has 130 valence electrons. The van der Waals surface area contributed by atoms with E-state index in [4.69, 9.17) is 9.26 Å². The van der Waals surface area contributed by atoms with Crippen LogP contribution in [0.15, 0.2) is 33.7 Å². The normalized spacial score (nSPS) is 16.3. The van der Waals surface area contributed by atoms with Gasteiger partial charge in [0.25, 0.3) is 0 Å². The molecular weight excluding hydrogens is 330 g/mol. The molecule has 24 heavy (non-hydrogen) atoms. The van der Waals surface area contributed by atoms with Crippen molar-refractivity contribution in [2.75, 3.05) is 19.7 Å². The second kappa shape index (κ2) is 6.52. The van der Waals surface area contributed by atoms with E-state index in [1.807, 2.05) is 20.8 Å². The van der Waals surface area contributed by atoms with Crippen molar-refractivity contribution in [1.29, 1.82) is 0 Å². The maximum atomic E-state index is 12.8. The zero-order valence-corrected chi connectivity index (χ0v) is 14.8. The summed E-state index contributed by atoms with van der Waals surface area (Å²) >= 11 is 0. The van der Waals surface area contributed by atoms with Gasteiger partial charge in [0.1, 0.15) is 10.6 Å². The van der Waals surface area contributed by atoms with Crippen LogP contribution >= 0.6 is 0 Å². The van der Waals surface area contributed by atoms with E-state index in [0.717, 1.165) is 0 Å². The predicted octanol–water partition coefficient (Wildman–Crippen LogP) is 2.38. The first-order chi connectivity index (χ1) is 11.4. The Kier molecular flexibility index (Phi) is 4.60. The molecule has 2 heterocycles. The molecular formula is C16H21N3O4S. The van der Waals surface area contributed by atoms with Crippen LogP contribution in [0.4, 0.5) is 0 Å². The molecule has 0 radical (unpaired) electrons. The lowest BCUT2D eigenvalue weighted by Gasteiger charge is -2.36. The highest BCUT2D eigenvalue weighted by Crippen LogP contribution is 2.34. The van der Waals surface area contributed by atoms with E-state index in [-0.39, 0.29) is 16.7 Å². The Morgan fingerprint density at radius 3 is 2.67 bits per heavy atom. The van der Waals surface area contributed by atoms with Crippen molar-refractivity contribution in [3.05, 3.63) is 36.0 Å². The van der Waals surface area contributed by atoms with Gasteiger partial charge in [-0.25, -0.2) is 8.42 Å². The van der Waals surface area contributed by atoms with Crippen LogP contribution < -0.4 is 4.74 Å². The van der Waals surface area contributed by atoms with E-state index in [9.17, 15) is 8.42 Å².